The summed E-state index contributed by atoms with van der Waals surface area (Å²) >= 11 is 5.97. The molecule has 126 valence electrons. The molecule has 0 unspecified atom stereocenters. The van der Waals surface area contributed by atoms with Gasteiger partial charge in [-0.2, -0.15) is 0 Å². The topological polar surface area (TPSA) is 41.6 Å². The van der Waals surface area contributed by atoms with E-state index in [1.165, 1.54) is 5.56 Å². The number of benzene rings is 2. The maximum absolute atomic E-state index is 12.4. The number of carbonyl (C=O) groups is 1. The van der Waals surface area contributed by atoms with E-state index >= 15 is 0 Å². The van der Waals surface area contributed by atoms with Crippen molar-refractivity contribution in [2.45, 2.75) is 18.9 Å². The van der Waals surface area contributed by atoms with Crippen molar-refractivity contribution in [1.29, 1.82) is 0 Å². The van der Waals surface area contributed by atoms with Gasteiger partial charge >= 0.3 is 0 Å². The van der Waals surface area contributed by atoms with E-state index in [0.29, 0.717) is 6.54 Å². The van der Waals surface area contributed by atoms with Gasteiger partial charge in [0.05, 0.1) is 13.7 Å². The molecule has 0 spiro atoms. The summed E-state index contributed by atoms with van der Waals surface area (Å²) in [7, 11) is 1.61. The number of hydrogen-bond acceptors (Lipinski definition) is 3. The molecule has 0 aromatic heterocycles. The highest BCUT2D eigenvalue weighted by Crippen LogP contribution is 2.32. The number of likely N-dealkylation sites (tertiary alicyclic amines) is 1. The zero-order chi connectivity index (χ0) is 16.9. The first-order valence-corrected chi connectivity index (χ1v) is 8.47. The molecule has 1 aliphatic rings. The molecule has 1 fully saturated rings. The fraction of sp³-hybridized carbons (Fsp3) is 0.316. The van der Waals surface area contributed by atoms with Gasteiger partial charge in [-0.25, -0.2) is 0 Å². The monoisotopic (exact) mass is 344 g/mol. The fourth-order valence-electron chi connectivity index (χ4n) is 3.16. The second-order valence-electron chi connectivity index (χ2n) is 5.96. The van der Waals surface area contributed by atoms with Gasteiger partial charge in [-0.1, -0.05) is 29.8 Å². The molecule has 1 saturated heterocycles. The number of amides is 1. The summed E-state index contributed by atoms with van der Waals surface area (Å²) in [5, 5.41) is 3.68. The van der Waals surface area contributed by atoms with Crippen LogP contribution in [0.25, 0.3) is 0 Å². The van der Waals surface area contributed by atoms with Crippen molar-refractivity contribution in [3.05, 3.63) is 59.1 Å². The lowest BCUT2D eigenvalue weighted by Gasteiger charge is -2.24. The number of carbonyl (C=O) groups excluding carboxylic acids is 1. The fourth-order valence-corrected chi connectivity index (χ4v) is 3.29. The van der Waals surface area contributed by atoms with E-state index in [2.05, 4.69) is 10.2 Å². The van der Waals surface area contributed by atoms with Gasteiger partial charge in [-0.15, -0.1) is 0 Å². The number of methoxy groups -OCH3 is 1. The van der Waals surface area contributed by atoms with Gasteiger partial charge in [0.15, 0.2) is 0 Å². The van der Waals surface area contributed by atoms with E-state index < -0.39 is 0 Å². The predicted molar refractivity (Wildman–Crippen MR) is 96.6 cm³/mol. The number of anilines is 1. The molecule has 2 aromatic rings. The van der Waals surface area contributed by atoms with Crippen LogP contribution in [-0.4, -0.2) is 31.0 Å². The van der Waals surface area contributed by atoms with Gasteiger partial charge < -0.3 is 10.1 Å². The summed E-state index contributed by atoms with van der Waals surface area (Å²) in [4.78, 5) is 14.6. The molecule has 5 heteroatoms. The Hall–Kier alpha value is -2.04. The number of rotatable bonds is 5. The quantitative estimate of drug-likeness (QED) is 0.887. The van der Waals surface area contributed by atoms with Gasteiger partial charge in [-0.05, 0) is 49.2 Å². The number of halogens is 1. The highest BCUT2D eigenvalue weighted by Gasteiger charge is 2.27. The Morgan fingerprint density at radius 3 is 2.83 bits per heavy atom. The lowest BCUT2D eigenvalue weighted by atomic mass is 10.0. The highest BCUT2D eigenvalue weighted by molar-refractivity contribution is 6.30. The van der Waals surface area contributed by atoms with Crippen LogP contribution in [0.3, 0.4) is 0 Å². The molecule has 0 saturated carbocycles. The second kappa shape index (κ2) is 7.69. The summed E-state index contributed by atoms with van der Waals surface area (Å²) in [6.45, 7) is 1.31. The maximum Gasteiger partial charge on any atom is 0.238 e. The average Bonchev–Trinajstić information content (AvgIpc) is 3.03. The SMILES string of the molecule is COc1cccc(NC(=O)CN2CCC[C@@H]2c2ccc(Cl)cc2)c1. The minimum atomic E-state index is -0.0101. The van der Waals surface area contributed by atoms with Crippen LogP contribution in [0.5, 0.6) is 5.75 Å². The van der Waals surface area contributed by atoms with Crippen LogP contribution in [0.2, 0.25) is 5.02 Å². The second-order valence-corrected chi connectivity index (χ2v) is 6.40. The number of ether oxygens (including phenoxy) is 1. The first kappa shape index (κ1) is 16.8. The molecule has 0 aliphatic carbocycles. The van der Waals surface area contributed by atoms with E-state index in [4.69, 9.17) is 16.3 Å². The number of nitrogens with zero attached hydrogens (tertiary/aromatic N) is 1. The molecule has 1 heterocycles. The molecule has 2 aromatic carbocycles. The predicted octanol–water partition coefficient (Wildman–Crippen LogP) is 4.12. The van der Waals surface area contributed by atoms with E-state index in [9.17, 15) is 4.79 Å². The van der Waals surface area contributed by atoms with Crippen LogP contribution in [0.4, 0.5) is 5.69 Å². The van der Waals surface area contributed by atoms with Gasteiger partial charge in [0.2, 0.25) is 5.91 Å². The van der Waals surface area contributed by atoms with Crippen LogP contribution in [0.15, 0.2) is 48.5 Å². The van der Waals surface area contributed by atoms with Crippen LogP contribution in [0, 0.1) is 0 Å². The van der Waals surface area contributed by atoms with Crippen LogP contribution in [-0.2, 0) is 4.79 Å². The Balaban J connectivity index is 1.63. The van der Waals surface area contributed by atoms with Gasteiger partial charge in [0.25, 0.3) is 0 Å². The van der Waals surface area contributed by atoms with Crippen LogP contribution >= 0.6 is 11.6 Å². The normalized spacial score (nSPS) is 17.7. The van der Waals surface area contributed by atoms with E-state index in [-0.39, 0.29) is 11.9 Å². The van der Waals surface area contributed by atoms with Crippen molar-refractivity contribution in [3.63, 3.8) is 0 Å². The van der Waals surface area contributed by atoms with Crippen molar-refractivity contribution < 1.29 is 9.53 Å². The molecule has 1 atom stereocenters. The molecule has 4 nitrogen and oxygen atoms in total. The lowest BCUT2D eigenvalue weighted by Crippen LogP contribution is -2.32. The molecular formula is C19H21ClN2O2. The molecule has 1 N–H and O–H groups in total. The zero-order valence-electron chi connectivity index (χ0n) is 13.7. The summed E-state index contributed by atoms with van der Waals surface area (Å²) < 4.78 is 5.18. The van der Waals surface area contributed by atoms with E-state index in [1.807, 2.05) is 48.5 Å². The minimum absolute atomic E-state index is 0.0101. The van der Waals surface area contributed by atoms with E-state index in [1.54, 1.807) is 7.11 Å². The molecule has 1 aliphatic heterocycles. The van der Waals surface area contributed by atoms with Crippen molar-refractivity contribution in [3.8, 4) is 5.75 Å². The first-order chi connectivity index (χ1) is 11.7. The first-order valence-electron chi connectivity index (χ1n) is 8.09. The van der Waals surface area contributed by atoms with Crippen LogP contribution in [0.1, 0.15) is 24.4 Å². The van der Waals surface area contributed by atoms with Gasteiger partial charge in [-0.3, -0.25) is 9.69 Å². The number of nitrogens with one attached hydrogen (secondary N) is 1. The summed E-state index contributed by atoms with van der Waals surface area (Å²) in [6, 6.07) is 15.6. The van der Waals surface area contributed by atoms with Crippen molar-refractivity contribution in [2.24, 2.45) is 0 Å². The molecular weight excluding hydrogens is 324 g/mol. The smallest absolute Gasteiger partial charge is 0.238 e. The Morgan fingerprint density at radius 2 is 2.08 bits per heavy atom. The van der Waals surface area contributed by atoms with Crippen molar-refractivity contribution >= 4 is 23.2 Å². The highest BCUT2D eigenvalue weighted by atomic mass is 35.5. The van der Waals surface area contributed by atoms with E-state index in [0.717, 1.165) is 35.8 Å². The largest absolute Gasteiger partial charge is 0.497 e. The van der Waals surface area contributed by atoms with Crippen LogP contribution < -0.4 is 10.1 Å². The Bertz CT molecular complexity index is 703. The van der Waals surface area contributed by atoms with Crippen molar-refractivity contribution in [2.75, 3.05) is 25.5 Å². The molecule has 3 rings (SSSR count). The number of hydrogen-bond donors (Lipinski definition) is 1. The molecule has 0 radical (unpaired) electrons. The summed E-state index contributed by atoms with van der Waals surface area (Å²) in [5.41, 5.74) is 1.97. The molecule has 0 bridgehead atoms. The third kappa shape index (κ3) is 4.08. The Morgan fingerprint density at radius 1 is 1.29 bits per heavy atom. The van der Waals surface area contributed by atoms with Crippen molar-refractivity contribution in [1.82, 2.24) is 4.90 Å². The Kier molecular flexibility index (Phi) is 5.38. The third-order valence-corrected chi connectivity index (χ3v) is 4.57. The zero-order valence-corrected chi connectivity index (χ0v) is 14.4. The Labute approximate surface area is 147 Å². The summed E-state index contributed by atoms with van der Waals surface area (Å²) in [6.07, 6.45) is 2.16. The third-order valence-electron chi connectivity index (χ3n) is 4.32. The average molecular weight is 345 g/mol. The molecule has 1 amide bonds. The standard InChI is InChI=1S/C19H21ClN2O2/c1-24-17-5-2-4-16(12-17)21-19(23)13-22-11-3-6-18(22)14-7-9-15(20)10-8-14/h2,4-5,7-10,12,18H,3,6,11,13H2,1H3,(H,21,23)/t18-/m1/s1. The maximum atomic E-state index is 12.4. The van der Waals surface area contributed by atoms with Gasteiger partial charge in [0.1, 0.15) is 5.75 Å². The van der Waals surface area contributed by atoms with Gasteiger partial charge in [0, 0.05) is 22.8 Å². The lowest BCUT2D eigenvalue weighted by molar-refractivity contribution is -0.117. The minimum Gasteiger partial charge on any atom is -0.497 e. The molecule has 24 heavy (non-hydrogen) atoms. The summed E-state index contributed by atoms with van der Waals surface area (Å²) in [5.74, 6) is 0.720.